The van der Waals surface area contributed by atoms with E-state index in [-0.39, 0.29) is 17.4 Å². The quantitative estimate of drug-likeness (QED) is 0.442. The monoisotopic (exact) mass is 416 g/mol. The summed E-state index contributed by atoms with van der Waals surface area (Å²) in [4.78, 5) is 15.2. The Bertz CT molecular complexity index is 790. The summed E-state index contributed by atoms with van der Waals surface area (Å²) in [5, 5.41) is 0.750. The van der Waals surface area contributed by atoms with Crippen LogP contribution in [0.2, 0.25) is 5.02 Å². The molecule has 1 heterocycles. The predicted molar refractivity (Wildman–Crippen MR) is 123 cm³/mol. The molecule has 3 nitrogen and oxygen atoms in total. The van der Waals surface area contributed by atoms with Crippen LogP contribution in [0.1, 0.15) is 72.1 Å². The summed E-state index contributed by atoms with van der Waals surface area (Å²) in [6.45, 7) is 14.6. The van der Waals surface area contributed by atoms with Crippen molar-refractivity contribution in [1.29, 1.82) is 0 Å². The molecule has 1 aromatic heterocycles. The Morgan fingerprint density at radius 2 is 1.90 bits per heavy atom. The van der Waals surface area contributed by atoms with Gasteiger partial charge in [0.2, 0.25) is 5.91 Å². The first-order chi connectivity index (χ1) is 13.6. The summed E-state index contributed by atoms with van der Waals surface area (Å²) in [5.74, 6) is 0.638. The van der Waals surface area contributed by atoms with Crippen LogP contribution in [0.5, 0.6) is 0 Å². The van der Waals surface area contributed by atoms with Crippen LogP contribution in [0.4, 0.5) is 0 Å². The molecular weight excluding hydrogens is 380 g/mol. The molecule has 0 N–H and O–H groups in total. The van der Waals surface area contributed by atoms with Crippen molar-refractivity contribution in [3.05, 3.63) is 58.9 Å². The van der Waals surface area contributed by atoms with Gasteiger partial charge in [-0.25, -0.2) is 0 Å². The SMILES string of the molecule is CC[C@@H](C)N(Cc1cccn1Cc1cccc(Cl)c1)C(=O)C[C@@H](C)CC(C)(C)C. The first-order valence-corrected chi connectivity index (χ1v) is 11.1. The Morgan fingerprint density at radius 3 is 2.52 bits per heavy atom. The number of nitrogens with zero attached hydrogens (tertiary/aromatic N) is 2. The molecule has 1 amide bonds. The van der Waals surface area contributed by atoms with Gasteiger partial charge in [-0.15, -0.1) is 0 Å². The van der Waals surface area contributed by atoms with E-state index in [0.29, 0.717) is 18.9 Å². The normalized spacial score (nSPS) is 13.9. The minimum Gasteiger partial charge on any atom is -0.345 e. The van der Waals surface area contributed by atoms with Gasteiger partial charge in [-0.1, -0.05) is 58.4 Å². The van der Waals surface area contributed by atoms with Gasteiger partial charge in [-0.2, -0.15) is 0 Å². The van der Waals surface area contributed by atoms with Gasteiger partial charge >= 0.3 is 0 Å². The second kappa shape index (κ2) is 10.3. The molecule has 0 saturated heterocycles. The third-order valence-corrected chi connectivity index (χ3v) is 5.66. The maximum atomic E-state index is 13.2. The van der Waals surface area contributed by atoms with Gasteiger partial charge in [-0.05, 0) is 60.9 Å². The van der Waals surface area contributed by atoms with Crippen LogP contribution in [0.25, 0.3) is 0 Å². The van der Waals surface area contributed by atoms with Gasteiger partial charge in [0.1, 0.15) is 0 Å². The van der Waals surface area contributed by atoms with Crippen molar-refractivity contribution in [1.82, 2.24) is 9.47 Å². The number of halogens is 1. The number of hydrogen-bond acceptors (Lipinski definition) is 1. The summed E-state index contributed by atoms with van der Waals surface area (Å²) in [7, 11) is 0. The van der Waals surface area contributed by atoms with Gasteiger partial charge < -0.3 is 9.47 Å². The molecule has 0 aliphatic rings. The average Bonchev–Trinajstić information content (AvgIpc) is 3.04. The number of amides is 1. The standard InChI is InChI=1S/C25H37ClN2O/c1-7-20(3)28(24(29)14-19(2)16-25(4,5)6)18-23-12-9-13-27(23)17-21-10-8-11-22(26)15-21/h8-13,15,19-20H,7,14,16-18H2,1-6H3/t19-,20-/m1/s1. The fourth-order valence-corrected chi connectivity index (χ4v) is 4.21. The van der Waals surface area contributed by atoms with E-state index < -0.39 is 0 Å². The van der Waals surface area contributed by atoms with Gasteiger partial charge in [0.05, 0.1) is 6.54 Å². The lowest BCUT2D eigenvalue weighted by Crippen LogP contribution is -2.39. The third-order valence-electron chi connectivity index (χ3n) is 5.42. The van der Waals surface area contributed by atoms with Crippen LogP contribution in [0.15, 0.2) is 42.6 Å². The second-order valence-electron chi connectivity index (χ2n) is 9.61. The number of carbonyl (C=O) groups excluding carboxylic acids is 1. The van der Waals surface area contributed by atoms with Crippen LogP contribution in [0, 0.1) is 11.3 Å². The van der Waals surface area contributed by atoms with Crippen molar-refractivity contribution in [3.8, 4) is 0 Å². The highest BCUT2D eigenvalue weighted by atomic mass is 35.5. The molecule has 160 valence electrons. The smallest absolute Gasteiger partial charge is 0.223 e. The average molecular weight is 417 g/mol. The first kappa shape index (κ1) is 23.5. The molecule has 0 aliphatic carbocycles. The number of carbonyl (C=O) groups is 1. The molecule has 2 aromatic rings. The van der Waals surface area contributed by atoms with Crippen LogP contribution in [-0.4, -0.2) is 21.4 Å². The van der Waals surface area contributed by atoms with E-state index in [0.717, 1.165) is 35.7 Å². The molecule has 0 fully saturated rings. The Labute approximate surface area is 182 Å². The van der Waals surface area contributed by atoms with Crippen LogP contribution in [0.3, 0.4) is 0 Å². The van der Waals surface area contributed by atoms with Crippen molar-refractivity contribution in [2.45, 2.75) is 79.9 Å². The fraction of sp³-hybridized carbons (Fsp3) is 0.560. The minimum atomic E-state index is 0.221. The fourth-order valence-electron chi connectivity index (χ4n) is 4.00. The van der Waals surface area contributed by atoms with Crippen LogP contribution >= 0.6 is 11.6 Å². The van der Waals surface area contributed by atoms with E-state index in [2.05, 4.69) is 75.4 Å². The number of rotatable bonds is 9. The molecule has 0 radical (unpaired) electrons. The van der Waals surface area contributed by atoms with E-state index in [9.17, 15) is 4.79 Å². The maximum Gasteiger partial charge on any atom is 0.223 e. The van der Waals surface area contributed by atoms with Crippen LogP contribution in [-0.2, 0) is 17.9 Å². The van der Waals surface area contributed by atoms with Gasteiger partial charge in [0.15, 0.2) is 0 Å². The zero-order valence-corrected chi connectivity index (χ0v) is 19.7. The minimum absolute atomic E-state index is 0.221. The molecule has 1 aromatic carbocycles. The van der Waals surface area contributed by atoms with Crippen molar-refractivity contribution in [3.63, 3.8) is 0 Å². The van der Waals surface area contributed by atoms with E-state index >= 15 is 0 Å². The molecule has 0 aliphatic heterocycles. The van der Waals surface area contributed by atoms with Crippen molar-refractivity contribution in [2.75, 3.05) is 0 Å². The lowest BCUT2D eigenvalue weighted by Gasteiger charge is -2.31. The summed E-state index contributed by atoms with van der Waals surface area (Å²) in [6, 6.07) is 12.3. The largest absolute Gasteiger partial charge is 0.345 e. The molecule has 0 bridgehead atoms. The molecule has 4 heteroatoms. The molecular formula is C25H37ClN2O. The lowest BCUT2D eigenvalue weighted by molar-refractivity contribution is -0.135. The first-order valence-electron chi connectivity index (χ1n) is 10.8. The summed E-state index contributed by atoms with van der Waals surface area (Å²) < 4.78 is 2.22. The Balaban J connectivity index is 2.13. The zero-order chi connectivity index (χ0) is 21.6. The molecule has 2 rings (SSSR count). The van der Waals surface area contributed by atoms with E-state index in [4.69, 9.17) is 11.6 Å². The number of benzene rings is 1. The predicted octanol–water partition coefficient (Wildman–Crippen LogP) is 6.78. The highest BCUT2D eigenvalue weighted by Crippen LogP contribution is 2.27. The van der Waals surface area contributed by atoms with Gasteiger partial charge in [-0.3, -0.25) is 4.79 Å². The molecule has 0 unspecified atom stereocenters. The van der Waals surface area contributed by atoms with Gasteiger partial charge in [0.25, 0.3) is 0 Å². The van der Waals surface area contributed by atoms with E-state index in [1.807, 2.05) is 18.2 Å². The zero-order valence-electron chi connectivity index (χ0n) is 18.9. The van der Waals surface area contributed by atoms with E-state index in [1.54, 1.807) is 0 Å². The van der Waals surface area contributed by atoms with E-state index in [1.165, 1.54) is 0 Å². The van der Waals surface area contributed by atoms with Gasteiger partial charge in [0, 0.05) is 35.9 Å². The van der Waals surface area contributed by atoms with Crippen molar-refractivity contribution < 1.29 is 4.79 Å². The summed E-state index contributed by atoms with van der Waals surface area (Å²) in [5.41, 5.74) is 2.56. The Kier molecular flexibility index (Phi) is 8.39. The summed E-state index contributed by atoms with van der Waals surface area (Å²) >= 11 is 6.14. The lowest BCUT2D eigenvalue weighted by atomic mass is 9.84. The molecule has 0 saturated carbocycles. The molecule has 29 heavy (non-hydrogen) atoms. The van der Waals surface area contributed by atoms with Crippen LogP contribution < -0.4 is 0 Å². The maximum absolute atomic E-state index is 13.2. The van der Waals surface area contributed by atoms with Crippen molar-refractivity contribution >= 4 is 17.5 Å². The Hall–Kier alpha value is -1.74. The molecule has 0 spiro atoms. The van der Waals surface area contributed by atoms with Crippen molar-refractivity contribution in [2.24, 2.45) is 11.3 Å². The highest BCUT2D eigenvalue weighted by Gasteiger charge is 2.24. The molecule has 2 atom stereocenters. The number of aromatic nitrogens is 1. The Morgan fingerprint density at radius 1 is 1.17 bits per heavy atom. The topological polar surface area (TPSA) is 25.2 Å². The number of hydrogen-bond donors (Lipinski definition) is 0. The third kappa shape index (κ3) is 7.54. The highest BCUT2D eigenvalue weighted by molar-refractivity contribution is 6.30. The second-order valence-corrected chi connectivity index (χ2v) is 10.0. The summed E-state index contributed by atoms with van der Waals surface area (Å²) in [6.07, 6.45) is 4.70.